The Morgan fingerprint density at radius 1 is 1.33 bits per heavy atom. The quantitative estimate of drug-likeness (QED) is 0.552. The first-order valence-electron chi connectivity index (χ1n) is 6.43. The Bertz CT molecular complexity index is 352. The summed E-state index contributed by atoms with van der Waals surface area (Å²) in [6.07, 6.45) is 3.81. The van der Waals surface area contributed by atoms with Crippen LogP contribution in [0.15, 0.2) is 11.5 Å². The van der Waals surface area contributed by atoms with Gasteiger partial charge in [-0.2, -0.15) is 0 Å². The molecule has 0 bridgehead atoms. The summed E-state index contributed by atoms with van der Waals surface area (Å²) in [5, 5.41) is 0. The molecule has 0 spiro atoms. The number of rotatable bonds is 3. The molecule has 0 N–H and O–H groups in total. The minimum atomic E-state index is -0.287. The molecule has 2 aliphatic rings. The van der Waals surface area contributed by atoms with Gasteiger partial charge in [0.25, 0.3) is 7.41 Å². The molecule has 0 aromatic carbocycles. The van der Waals surface area contributed by atoms with Crippen LogP contribution in [0.1, 0.15) is 34.1 Å². The Hall–Kier alpha value is -0.580. The van der Waals surface area contributed by atoms with Crippen LogP contribution in [-0.2, 0) is 14.1 Å². The van der Waals surface area contributed by atoms with Crippen molar-refractivity contribution in [2.75, 3.05) is 13.1 Å². The maximum atomic E-state index is 10.4. The van der Waals surface area contributed by atoms with E-state index in [2.05, 4.69) is 33.8 Å². The van der Waals surface area contributed by atoms with Crippen LogP contribution in [0.3, 0.4) is 0 Å². The van der Waals surface area contributed by atoms with Crippen LogP contribution in [0.2, 0.25) is 0 Å². The van der Waals surface area contributed by atoms with Gasteiger partial charge in [-0.05, 0) is 46.1 Å². The summed E-state index contributed by atoms with van der Waals surface area (Å²) in [7, 11) is 1.34. The average molecular weight is 248 g/mol. The first kappa shape index (κ1) is 13.8. The van der Waals surface area contributed by atoms with Gasteiger partial charge in [-0.3, -0.25) is 0 Å². The van der Waals surface area contributed by atoms with E-state index in [9.17, 15) is 4.79 Å². The summed E-state index contributed by atoms with van der Waals surface area (Å²) in [6, 6.07) is 0. The van der Waals surface area contributed by atoms with Crippen molar-refractivity contribution in [3.8, 4) is 0 Å². The average Bonchev–Trinajstić information content (AvgIpc) is 2.50. The van der Waals surface area contributed by atoms with Crippen molar-refractivity contribution in [2.45, 2.75) is 45.3 Å². The number of nitrogens with zero attached hydrogens (tertiary/aromatic N) is 1. The van der Waals surface area contributed by atoms with Crippen molar-refractivity contribution < 1.29 is 14.1 Å². The normalized spacial score (nSPS) is 26.9. The molecule has 18 heavy (non-hydrogen) atoms. The molecule has 0 aromatic rings. The van der Waals surface area contributed by atoms with Gasteiger partial charge in [-0.25, -0.2) is 0 Å². The van der Waals surface area contributed by atoms with Gasteiger partial charge in [0, 0.05) is 6.54 Å². The highest BCUT2D eigenvalue weighted by Gasteiger charge is 2.52. The molecule has 2 heterocycles. The highest BCUT2D eigenvalue weighted by Crippen LogP contribution is 2.39. The maximum Gasteiger partial charge on any atom is 0.490 e. The van der Waals surface area contributed by atoms with Gasteiger partial charge in [0.1, 0.15) is 0 Å². The number of carbonyl (C=O) groups excluding carboxylic acids is 1. The van der Waals surface area contributed by atoms with Gasteiger partial charge in [0.2, 0.25) is 0 Å². The van der Waals surface area contributed by atoms with Crippen LogP contribution in [0.25, 0.3) is 0 Å². The molecule has 0 aliphatic carbocycles. The lowest BCUT2D eigenvalue weighted by atomic mass is 9.73. The van der Waals surface area contributed by atoms with E-state index in [1.165, 1.54) is 5.47 Å². The summed E-state index contributed by atoms with van der Waals surface area (Å²) in [5.74, 6) is 0. The summed E-state index contributed by atoms with van der Waals surface area (Å²) in [4.78, 5) is 12.4. The second-order valence-electron chi connectivity index (χ2n) is 5.90. The maximum absolute atomic E-state index is 10.4. The molecule has 2 rings (SSSR count). The van der Waals surface area contributed by atoms with Crippen molar-refractivity contribution in [1.29, 1.82) is 0 Å². The topological polar surface area (TPSA) is 38.8 Å². The molecule has 1 saturated heterocycles. The minimum absolute atomic E-state index is 0.242. The molecular weight excluding hydrogens is 228 g/mol. The van der Waals surface area contributed by atoms with Gasteiger partial charge >= 0.3 is 7.12 Å². The Kier molecular flexibility index (Phi) is 3.72. The molecule has 0 unspecified atom stereocenters. The van der Waals surface area contributed by atoms with Crippen LogP contribution in [0.5, 0.6) is 0 Å². The summed E-state index contributed by atoms with van der Waals surface area (Å²) >= 11 is 0. The van der Waals surface area contributed by atoms with E-state index in [4.69, 9.17) is 9.31 Å². The fourth-order valence-electron chi connectivity index (χ4n) is 2.13. The Morgan fingerprint density at radius 2 is 1.94 bits per heavy atom. The zero-order chi connectivity index (χ0) is 13.4. The number of hydrogen-bond donors (Lipinski definition) is 0. The summed E-state index contributed by atoms with van der Waals surface area (Å²) < 4.78 is 12.0. The molecule has 1 fully saturated rings. The largest absolute Gasteiger partial charge is 0.490 e. The van der Waals surface area contributed by atoms with Crippen LogP contribution in [0.4, 0.5) is 0 Å². The second-order valence-corrected chi connectivity index (χ2v) is 5.90. The van der Waals surface area contributed by atoms with Crippen molar-refractivity contribution >= 4 is 20.7 Å². The zero-order valence-electron chi connectivity index (χ0n) is 11.6. The van der Waals surface area contributed by atoms with E-state index in [1.54, 1.807) is 7.41 Å². The van der Waals surface area contributed by atoms with E-state index in [1.807, 2.05) is 4.81 Å². The number of hydrogen-bond acceptors (Lipinski definition) is 4. The Balaban J connectivity index is 2.01. The van der Waals surface area contributed by atoms with Gasteiger partial charge in [-0.1, -0.05) is 6.08 Å². The predicted molar refractivity (Wildman–Crippen MR) is 72.9 cm³/mol. The van der Waals surface area contributed by atoms with Crippen molar-refractivity contribution in [3.63, 3.8) is 0 Å². The first-order valence-corrected chi connectivity index (χ1v) is 6.43. The lowest BCUT2D eigenvalue weighted by Crippen LogP contribution is -2.41. The lowest BCUT2D eigenvalue weighted by Gasteiger charge is -2.32. The van der Waals surface area contributed by atoms with Crippen molar-refractivity contribution in [2.24, 2.45) is 0 Å². The fourth-order valence-corrected chi connectivity index (χ4v) is 2.13. The van der Waals surface area contributed by atoms with E-state index in [0.717, 1.165) is 25.7 Å². The molecule has 6 heteroatoms. The first-order chi connectivity index (χ1) is 8.36. The Labute approximate surface area is 110 Å². The summed E-state index contributed by atoms with van der Waals surface area (Å²) in [5.41, 5.74) is 0.610. The van der Waals surface area contributed by atoms with Crippen LogP contribution in [0, 0.1) is 0 Å². The molecule has 97 valence electrons. The smallest absolute Gasteiger partial charge is 0.400 e. The highest BCUT2D eigenvalue weighted by atomic mass is 16.7. The standard InChI is InChI=1S/C12H20B2NO3/c1-11(2)12(3,4)18-14(17-11)10-5-7-15(8-6-10)13-9-16/h5,9H,6-8H2,1-4H3. The Morgan fingerprint density at radius 3 is 2.39 bits per heavy atom. The molecule has 1 radical (unpaired) electrons. The predicted octanol–water partition coefficient (Wildman–Crippen LogP) is 1.06. The third kappa shape index (κ3) is 2.56. The second kappa shape index (κ2) is 4.83. The molecule has 0 saturated carbocycles. The van der Waals surface area contributed by atoms with E-state index in [0.29, 0.717) is 0 Å². The zero-order valence-corrected chi connectivity index (χ0v) is 11.6. The molecule has 2 aliphatic heterocycles. The highest BCUT2D eigenvalue weighted by molar-refractivity contribution is 6.64. The molecule has 0 atom stereocenters. The number of carbonyl (C=O) groups is 1. The van der Waals surface area contributed by atoms with E-state index < -0.39 is 0 Å². The summed E-state index contributed by atoms with van der Waals surface area (Å²) in [6.45, 7) is 9.82. The van der Waals surface area contributed by atoms with Crippen molar-refractivity contribution in [1.82, 2.24) is 4.81 Å². The third-order valence-electron chi connectivity index (χ3n) is 4.10. The molecule has 0 amide bonds. The SMILES string of the molecule is CC1(C)OB(C2=CCN([B]C=O)CC2)OC1(C)C. The molecule has 4 nitrogen and oxygen atoms in total. The van der Waals surface area contributed by atoms with Crippen LogP contribution >= 0.6 is 0 Å². The van der Waals surface area contributed by atoms with Gasteiger partial charge in [0.15, 0.2) is 0 Å². The fraction of sp³-hybridized carbons (Fsp3) is 0.750. The van der Waals surface area contributed by atoms with E-state index in [-0.39, 0.29) is 18.3 Å². The van der Waals surface area contributed by atoms with Crippen LogP contribution in [-0.4, -0.2) is 49.8 Å². The van der Waals surface area contributed by atoms with Gasteiger partial charge in [0.05, 0.1) is 17.4 Å². The lowest BCUT2D eigenvalue weighted by molar-refractivity contribution is 0.00578. The van der Waals surface area contributed by atoms with Gasteiger partial charge < -0.3 is 18.9 Å². The monoisotopic (exact) mass is 248 g/mol. The van der Waals surface area contributed by atoms with Gasteiger partial charge in [-0.15, -0.1) is 0 Å². The van der Waals surface area contributed by atoms with Crippen LogP contribution < -0.4 is 0 Å². The van der Waals surface area contributed by atoms with E-state index >= 15 is 0 Å². The molecular formula is C12H20B2NO3. The van der Waals surface area contributed by atoms with Crippen molar-refractivity contribution in [3.05, 3.63) is 11.5 Å². The third-order valence-corrected chi connectivity index (χ3v) is 4.10. The molecule has 0 aromatic heterocycles. The minimum Gasteiger partial charge on any atom is -0.400 e.